The molecule has 3 aromatic heterocycles. The summed E-state index contributed by atoms with van der Waals surface area (Å²) in [4.78, 5) is 17.5. The molecule has 6 aromatic rings. The molecule has 0 spiro atoms. The molecular formula is C33H25N3O3. The highest BCUT2D eigenvalue weighted by Crippen LogP contribution is 2.40. The van der Waals surface area contributed by atoms with Crippen LogP contribution in [0.1, 0.15) is 40.5 Å². The second-order valence-electron chi connectivity index (χ2n) is 10.2. The number of hydrogen-bond acceptors (Lipinski definition) is 4. The predicted octanol–water partition coefficient (Wildman–Crippen LogP) is 7.65. The predicted molar refractivity (Wildman–Crippen MR) is 153 cm³/mol. The van der Waals surface area contributed by atoms with Gasteiger partial charge in [0.25, 0.3) is 0 Å². The third-order valence-corrected chi connectivity index (χ3v) is 7.38. The number of carboxylic acid groups (broad SMARTS) is 1. The Balaban J connectivity index is 1.46. The molecule has 6 heteroatoms. The fourth-order valence-electron chi connectivity index (χ4n) is 5.66. The lowest BCUT2D eigenvalue weighted by atomic mass is 9.80. The second-order valence-corrected chi connectivity index (χ2v) is 10.2. The Morgan fingerprint density at radius 3 is 2.56 bits per heavy atom. The Hall–Kier alpha value is -4.97. The first-order valence-electron chi connectivity index (χ1n) is 13.0. The fraction of sp³-hybridized carbons (Fsp3) is 0.121. The van der Waals surface area contributed by atoms with Gasteiger partial charge in [0.15, 0.2) is 5.76 Å². The maximum absolute atomic E-state index is 12.5. The molecule has 0 amide bonds. The number of carbonyl (C=O) groups is 1. The third-order valence-electron chi connectivity index (χ3n) is 7.38. The molecule has 190 valence electrons. The van der Waals surface area contributed by atoms with Gasteiger partial charge in [-0.15, -0.1) is 0 Å². The molecule has 3 heterocycles. The zero-order chi connectivity index (χ0) is 26.5. The van der Waals surface area contributed by atoms with E-state index in [2.05, 4.69) is 13.0 Å². The SMILES string of the molecule is C[C@H]1C/C(=C\c2cn(-c3ccccc3)nc2-c2cc3ccccc3o2)c2nc3ccccc3c(C(=O)O)c2C1. The van der Waals surface area contributed by atoms with Crippen LogP contribution in [0.3, 0.4) is 0 Å². The highest BCUT2D eigenvalue weighted by molar-refractivity contribution is 6.06. The van der Waals surface area contributed by atoms with E-state index in [1.807, 2.05) is 95.8 Å². The molecule has 39 heavy (non-hydrogen) atoms. The molecule has 1 atom stereocenters. The van der Waals surface area contributed by atoms with Gasteiger partial charge in [0, 0.05) is 22.5 Å². The molecule has 0 unspecified atom stereocenters. The molecule has 3 aromatic carbocycles. The van der Waals surface area contributed by atoms with Gasteiger partial charge >= 0.3 is 5.97 Å². The lowest BCUT2D eigenvalue weighted by molar-refractivity contribution is 0.0697. The summed E-state index contributed by atoms with van der Waals surface area (Å²) in [7, 11) is 0. The highest BCUT2D eigenvalue weighted by Gasteiger charge is 2.28. The van der Waals surface area contributed by atoms with E-state index in [4.69, 9.17) is 14.5 Å². The standard InChI is InChI=1S/C33H25N3O3/c1-20-15-22(31-26(16-20)30(33(37)38)25-12-6-7-13-27(25)34-31)17-23-19-36(24-10-3-2-4-11-24)35-32(23)29-18-21-9-5-8-14-28(21)39-29/h2-14,17-20H,15-16H2,1H3,(H,37,38)/b22-17+/t20-/m0/s1. The van der Waals surface area contributed by atoms with Crippen LogP contribution in [0.5, 0.6) is 0 Å². The Morgan fingerprint density at radius 1 is 0.974 bits per heavy atom. The number of aromatic carboxylic acids is 1. The van der Waals surface area contributed by atoms with Gasteiger partial charge in [-0.2, -0.15) is 5.10 Å². The van der Waals surface area contributed by atoms with Crippen molar-refractivity contribution in [1.82, 2.24) is 14.8 Å². The van der Waals surface area contributed by atoms with Crippen molar-refractivity contribution in [3.63, 3.8) is 0 Å². The number of nitrogens with zero attached hydrogens (tertiary/aromatic N) is 3. The summed E-state index contributed by atoms with van der Waals surface area (Å²) in [5, 5.41) is 16.9. The van der Waals surface area contributed by atoms with Gasteiger partial charge in [0.05, 0.1) is 22.5 Å². The average molecular weight is 512 g/mol. The normalized spacial score (nSPS) is 16.1. The van der Waals surface area contributed by atoms with Crippen molar-refractivity contribution in [3.05, 3.63) is 114 Å². The van der Waals surface area contributed by atoms with Crippen molar-refractivity contribution in [2.45, 2.75) is 19.8 Å². The van der Waals surface area contributed by atoms with Crippen LogP contribution in [0, 0.1) is 5.92 Å². The summed E-state index contributed by atoms with van der Waals surface area (Å²) in [5.74, 6) is 0.0290. The number of aromatic nitrogens is 3. The Kier molecular flexibility index (Phi) is 5.40. The quantitative estimate of drug-likeness (QED) is 0.263. The zero-order valence-electron chi connectivity index (χ0n) is 21.3. The molecule has 0 saturated heterocycles. The van der Waals surface area contributed by atoms with Gasteiger partial charge in [-0.3, -0.25) is 0 Å². The molecular weight excluding hydrogens is 486 g/mol. The summed E-state index contributed by atoms with van der Waals surface area (Å²) >= 11 is 0. The molecule has 7 rings (SSSR count). The smallest absolute Gasteiger partial charge is 0.336 e. The van der Waals surface area contributed by atoms with E-state index in [1.54, 1.807) is 0 Å². The van der Waals surface area contributed by atoms with E-state index < -0.39 is 5.97 Å². The van der Waals surface area contributed by atoms with Crippen molar-refractivity contribution < 1.29 is 14.3 Å². The summed E-state index contributed by atoms with van der Waals surface area (Å²) in [6, 6.07) is 27.4. The lowest BCUT2D eigenvalue weighted by Crippen LogP contribution is -2.17. The Morgan fingerprint density at radius 2 is 1.74 bits per heavy atom. The van der Waals surface area contributed by atoms with Crippen LogP contribution in [0.2, 0.25) is 0 Å². The van der Waals surface area contributed by atoms with E-state index in [-0.39, 0.29) is 5.92 Å². The summed E-state index contributed by atoms with van der Waals surface area (Å²) in [6.07, 6.45) is 5.57. The first-order valence-corrected chi connectivity index (χ1v) is 13.0. The molecule has 0 aliphatic heterocycles. The maximum Gasteiger partial charge on any atom is 0.336 e. The number of furan rings is 1. The van der Waals surface area contributed by atoms with Gasteiger partial charge < -0.3 is 9.52 Å². The Labute approximate surface area is 224 Å². The Bertz CT molecular complexity index is 1880. The summed E-state index contributed by atoms with van der Waals surface area (Å²) in [6.45, 7) is 2.16. The van der Waals surface area contributed by atoms with Crippen LogP contribution >= 0.6 is 0 Å². The van der Waals surface area contributed by atoms with E-state index in [1.165, 1.54) is 0 Å². The van der Waals surface area contributed by atoms with Crippen molar-refractivity contribution in [3.8, 4) is 17.1 Å². The number of para-hydroxylation sites is 3. The number of pyridine rings is 1. The maximum atomic E-state index is 12.5. The van der Waals surface area contributed by atoms with E-state index in [9.17, 15) is 9.90 Å². The van der Waals surface area contributed by atoms with E-state index >= 15 is 0 Å². The molecule has 0 fully saturated rings. The topological polar surface area (TPSA) is 81.2 Å². The molecule has 1 N–H and O–H groups in total. The van der Waals surface area contributed by atoms with Crippen LogP contribution in [-0.2, 0) is 6.42 Å². The largest absolute Gasteiger partial charge is 0.478 e. The van der Waals surface area contributed by atoms with Gasteiger partial charge in [0.2, 0.25) is 0 Å². The summed E-state index contributed by atoms with van der Waals surface area (Å²) < 4.78 is 8.09. The van der Waals surface area contributed by atoms with Crippen LogP contribution < -0.4 is 0 Å². The van der Waals surface area contributed by atoms with Crippen LogP contribution in [0.15, 0.2) is 95.5 Å². The first-order chi connectivity index (χ1) is 19.0. The molecule has 0 radical (unpaired) electrons. The minimum atomic E-state index is -0.918. The number of allylic oxidation sites excluding steroid dienone is 1. The van der Waals surface area contributed by atoms with Crippen molar-refractivity contribution in [1.29, 1.82) is 0 Å². The second kappa shape index (κ2) is 9.10. The van der Waals surface area contributed by atoms with Gasteiger partial charge in [-0.25, -0.2) is 14.5 Å². The van der Waals surface area contributed by atoms with Gasteiger partial charge in [0.1, 0.15) is 11.3 Å². The molecule has 1 aliphatic carbocycles. The number of rotatable bonds is 4. The number of carboxylic acids is 1. The molecule has 0 bridgehead atoms. The minimum absolute atomic E-state index is 0.267. The van der Waals surface area contributed by atoms with E-state index in [0.29, 0.717) is 28.6 Å². The minimum Gasteiger partial charge on any atom is -0.478 e. The number of hydrogen-bond donors (Lipinski definition) is 1. The first kappa shape index (κ1) is 23.2. The average Bonchev–Trinajstić information content (AvgIpc) is 3.56. The molecule has 0 saturated carbocycles. The lowest BCUT2D eigenvalue weighted by Gasteiger charge is -2.26. The highest BCUT2D eigenvalue weighted by atomic mass is 16.4. The van der Waals surface area contributed by atoms with Crippen molar-refractivity contribution >= 4 is 39.5 Å². The zero-order valence-corrected chi connectivity index (χ0v) is 21.3. The third kappa shape index (κ3) is 4.01. The van der Waals surface area contributed by atoms with E-state index in [0.717, 1.165) is 51.2 Å². The summed E-state index contributed by atoms with van der Waals surface area (Å²) in [5.41, 5.74) is 6.95. The van der Waals surface area contributed by atoms with Gasteiger partial charge in [-0.1, -0.05) is 61.5 Å². The van der Waals surface area contributed by atoms with Crippen LogP contribution in [0.4, 0.5) is 0 Å². The van der Waals surface area contributed by atoms with Crippen molar-refractivity contribution in [2.75, 3.05) is 0 Å². The monoisotopic (exact) mass is 511 g/mol. The fourth-order valence-corrected chi connectivity index (χ4v) is 5.66. The van der Waals surface area contributed by atoms with Crippen LogP contribution in [-0.4, -0.2) is 25.8 Å². The van der Waals surface area contributed by atoms with Crippen LogP contribution in [0.25, 0.3) is 50.7 Å². The number of fused-ring (bicyclic) bond motifs is 3. The molecule has 1 aliphatic rings. The van der Waals surface area contributed by atoms with Crippen molar-refractivity contribution in [2.24, 2.45) is 5.92 Å². The van der Waals surface area contributed by atoms with Gasteiger partial charge in [-0.05, 0) is 66.3 Å². The number of benzene rings is 3. The molecule has 6 nitrogen and oxygen atoms in total.